The first-order chi connectivity index (χ1) is 9.87. The molecule has 1 aromatic carbocycles. The zero-order chi connectivity index (χ0) is 15.5. The lowest BCUT2D eigenvalue weighted by Gasteiger charge is -2.37. The molecule has 1 saturated heterocycles. The van der Waals surface area contributed by atoms with Gasteiger partial charge >= 0.3 is 6.18 Å². The number of hydrogen-bond acceptors (Lipinski definition) is 3. The van der Waals surface area contributed by atoms with Crippen molar-refractivity contribution in [1.29, 1.82) is 0 Å². The number of benzene rings is 1. The molecule has 2 rings (SSSR count). The number of carbonyl (C=O) groups is 1. The van der Waals surface area contributed by atoms with Crippen molar-refractivity contribution in [2.75, 3.05) is 32.7 Å². The molecule has 1 aliphatic heterocycles. The monoisotopic (exact) mass is 300 g/mol. The molecule has 0 N–H and O–H groups in total. The number of hydrogen-bond donors (Lipinski definition) is 0. The van der Waals surface area contributed by atoms with Crippen molar-refractivity contribution in [1.82, 2.24) is 9.80 Å². The number of piperazine rings is 1. The minimum atomic E-state index is -4.16. The Hall–Kier alpha value is -1.40. The number of rotatable bonds is 4. The smallest absolute Gasteiger partial charge is 0.292 e. The summed E-state index contributed by atoms with van der Waals surface area (Å²) in [5, 5.41) is 0. The highest BCUT2D eigenvalue weighted by Gasteiger charge is 2.33. The third kappa shape index (κ3) is 4.54. The number of nitrogens with zero attached hydrogens (tertiary/aromatic N) is 2. The molecule has 1 fully saturated rings. The maximum Gasteiger partial charge on any atom is 0.401 e. The fraction of sp³-hybridized carbons (Fsp3) is 0.533. The van der Waals surface area contributed by atoms with Gasteiger partial charge in [0, 0.05) is 31.7 Å². The fourth-order valence-electron chi connectivity index (χ4n) is 2.57. The van der Waals surface area contributed by atoms with Crippen LogP contribution in [0.15, 0.2) is 30.3 Å². The first-order valence-corrected chi connectivity index (χ1v) is 6.99. The Morgan fingerprint density at radius 1 is 1.14 bits per heavy atom. The predicted octanol–water partition coefficient (Wildman–Crippen LogP) is 2.44. The zero-order valence-corrected chi connectivity index (χ0v) is 11.9. The topological polar surface area (TPSA) is 23.6 Å². The van der Waals surface area contributed by atoms with E-state index in [1.165, 1.54) is 4.90 Å². The van der Waals surface area contributed by atoms with Gasteiger partial charge in [-0.1, -0.05) is 30.3 Å². The van der Waals surface area contributed by atoms with Gasteiger partial charge in [-0.05, 0) is 6.92 Å². The van der Waals surface area contributed by atoms with Gasteiger partial charge in [-0.15, -0.1) is 0 Å². The Morgan fingerprint density at radius 3 is 2.24 bits per heavy atom. The molecule has 0 aromatic heterocycles. The maximum absolute atomic E-state index is 12.3. The summed E-state index contributed by atoms with van der Waals surface area (Å²) in [6.07, 6.45) is -4.16. The molecule has 0 spiro atoms. The largest absolute Gasteiger partial charge is 0.401 e. The van der Waals surface area contributed by atoms with Crippen LogP contribution in [0.3, 0.4) is 0 Å². The van der Waals surface area contributed by atoms with Crippen molar-refractivity contribution in [3.63, 3.8) is 0 Å². The van der Waals surface area contributed by atoms with E-state index >= 15 is 0 Å². The second kappa shape index (κ2) is 6.58. The molecular formula is C15H19F3N2O. The molecular weight excluding hydrogens is 281 g/mol. The van der Waals surface area contributed by atoms with E-state index in [0.29, 0.717) is 31.7 Å². The van der Waals surface area contributed by atoms with Crippen molar-refractivity contribution in [2.24, 2.45) is 0 Å². The van der Waals surface area contributed by atoms with Crippen LogP contribution in [-0.2, 0) is 0 Å². The van der Waals surface area contributed by atoms with Gasteiger partial charge in [0.2, 0.25) is 0 Å². The predicted molar refractivity (Wildman–Crippen MR) is 74.3 cm³/mol. The van der Waals surface area contributed by atoms with Crippen molar-refractivity contribution in [2.45, 2.75) is 19.1 Å². The highest BCUT2D eigenvalue weighted by Crippen LogP contribution is 2.18. The van der Waals surface area contributed by atoms with Crippen molar-refractivity contribution < 1.29 is 18.0 Å². The Labute approximate surface area is 122 Å². The number of Topliss-reactive ketones (excluding diaryl/α,β-unsaturated/α-hetero) is 1. The minimum absolute atomic E-state index is 0.0138. The van der Waals surface area contributed by atoms with Gasteiger partial charge < -0.3 is 0 Å². The van der Waals surface area contributed by atoms with Crippen molar-refractivity contribution >= 4 is 5.78 Å². The van der Waals surface area contributed by atoms with E-state index in [2.05, 4.69) is 0 Å². The van der Waals surface area contributed by atoms with Crippen LogP contribution in [0.5, 0.6) is 0 Å². The summed E-state index contributed by atoms with van der Waals surface area (Å²) in [6, 6.07) is 8.68. The Balaban J connectivity index is 1.89. The molecule has 0 radical (unpaired) electrons. The molecule has 1 aliphatic rings. The molecule has 3 nitrogen and oxygen atoms in total. The van der Waals surface area contributed by atoms with E-state index in [-0.39, 0.29) is 11.8 Å². The summed E-state index contributed by atoms with van der Waals surface area (Å²) in [5.74, 6) is 0.0138. The summed E-state index contributed by atoms with van der Waals surface area (Å²) in [6.45, 7) is 2.58. The van der Waals surface area contributed by atoms with Crippen LogP contribution in [-0.4, -0.2) is 60.5 Å². The van der Waals surface area contributed by atoms with E-state index in [1.807, 2.05) is 17.9 Å². The highest BCUT2D eigenvalue weighted by molar-refractivity contribution is 5.99. The third-order valence-corrected chi connectivity index (χ3v) is 3.80. The van der Waals surface area contributed by atoms with Crippen LogP contribution in [0.4, 0.5) is 13.2 Å². The van der Waals surface area contributed by atoms with Gasteiger partial charge in [-0.2, -0.15) is 13.2 Å². The van der Waals surface area contributed by atoms with Crippen LogP contribution >= 0.6 is 0 Å². The lowest BCUT2D eigenvalue weighted by molar-refractivity contribution is -0.149. The molecule has 116 valence electrons. The summed E-state index contributed by atoms with van der Waals surface area (Å²) in [7, 11) is 0. The summed E-state index contributed by atoms with van der Waals surface area (Å²) >= 11 is 0. The van der Waals surface area contributed by atoms with E-state index in [9.17, 15) is 18.0 Å². The van der Waals surface area contributed by atoms with E-state index < -0.39 is 12.7 Å². The summed E-state index contributed by atoms with van der Waals surface area (Å²) in [4.78, 5) is 15.7. The van der Waals surface area contributed by atoms with E-state index in [4.69, 9.17) is 0 Å². The number of alkyl halides is 3. The van der Waals surface area contributed by atoms with Gasteiger partial charge in [-0.25, -0.2) is 0 Å². The normalized spacial score (nSPS) is 19.4. The molecule has 1 unspecified atom stereocenters. The molecule has 0 saturated carbocycles. The number of carbonyl (C=O) groups excluding carboxylic acids is 1. The molecule has 0 aliphatic carbocycles. The maximum atomic E-state index is 12.3. The SMILES string of the molecule is CC(C(=O)c1ccccc1)N1CCN(CC(F)(F)F)CC1. The van der Waals surface area contributed by atoms with Crippen molar-refractivity contribution in [3.05, 3.63) is 35.9 Å². The summed E-state index contributed by atoms with van der Waals surface area (Å²) < 4.78 is 37.0. The molecule has 1 heterocycles. The molecule has 21 heavy (non-hydrogen) atoms. The first kappa shape index (κ1) is 16.0. The van der Waals surface area contributed by atoms with Gasteiger partial charge in [0.15, 0.2) is 5.78 Å². The second-order valence-corrected chi connectivity index (χ2v) is 5.33. The highest BCUT2D eigenvalue weighted by atomic mass is 19.4. The van der Waals surface area contributed by atoms with E-state index in [0.717, 1.165) is 0 Å². The van der Waals surface area contributed by atoms with Crippen LogP contribution in [0.1, 0.15) is 17.3 Å². The Kier molecular flexibility index (Phi) is 5.00. The quantitative estimate of drug-likeness (QED) is 0.798. The van der Waals surface area contributed by atoms with Gasteiger partial charge in [-0.3, -0.25) is 14.6 Å². The number of halogens is 3. The third-order valence-electron chi connectivity index (χ3n) is 3.80. The first-order valence-electron chi connectivity index (χ1n) is 6.99. The van der Waals surface area contributed by atoms with Crippen LogP contribution in [0.2, 0.25) is 0 Å². The Morgan fingerprint density at radius 2 is 1.71 bits per heavy atom. The lowest BCUT2D eigenvalue weighted by atomic mass is 10.0. The standard InChI is InChI=1S/C15H19F3N2O/c1-12(14(21)13-5-3-2-4-6-13)20-9-7-19(8-10-20)11-15(16,17)18/h2-6,12H,7-11H2,1H3. The molecule has 0 amide bonds. The average molecular weight is 300 g/mol. The fourth-order valence-corrected chi connectivity index (χ4v) is 2.57. The zero-order valence-electron chi connectivity index (χ0n) is 11.9. The second-order valence-electron chi connectivity index (χ2n) is 5.33. The average Bonchev–Trinajstić information content (AvgIpc) is 2.46. The lowest BCUT2D eigenvalue weighted by Crippen LogP contribution is -2.53. The molecule has 1 aromatic rings. The number of ketones is 1. The van der Waals surface area contributed by atoms with Crippen LogP contribution in [0, 0.1) is 0 Å². The molecule has 6 heteroatoms. The van der Waals surface area contributed by atoms with Crippen LogP contribution in [0.25, 0.3) is 0 Å². The molecule has 0 bridgehead atoms. The van der Waals surface area contributed by atoms with Gasteiger partial charge in [0.1, 0.15) is 0 Å². The Bertz CT molecular complexity index is 468. The van der Waals surface area contributed by atoms with E-state index in [1.54, 1.807) is 24.3 Å². The summed E-state index contributed by atoms with van der Waals surface area (Å²) in [5.41, 5.74) is 0.641. The van der Waals surface area contributed by atoms with Gasteiger partial charge in [0.05, 0.1) is 12.6 Å². The molecule has 1 atom stereocenters. The minimum Gasteiger partial charge on any atom is -0.292 e. The van der Waals surface area contributed by atoms with Crippen molar-refractivity contribution in [3.8, 4) is 0 Å². The van der Waals surface area contributed by atoms with Gasteiger partial charge in [0.25, 0.3) is 0 Å². The van der Waals surface area contributed by atoms with Crippen LogP contribution < -0.4 is 0 Å².